The van der Waals surface area contributed by atoms with Crippen LogP contribution in [-0.4, -0.2) is 34.3 Å². The first kappa shape index (κ1) is 15.3. The van der Waals surface area contributed by atoms with Crippen molar-refractivity contribution in [2.45, 2.75) is 19.3 Å². The summed E-state index contributed by atoms with van der Waals surface area (Å²) < 4.78 is 38.7. The molecule has 1 aliphatic rings. The van der Waals surface area contributed by atoms with Crippen molar-refractivity contribution < 1.29 is 12.8 Å². The molecular formula is C14H21FN2O2S. The van der Waals surface area contributed by atoms with E-state index in [1.54, 1.807) is 0 Å². The molecule has 0 spiro atoms. The Labute approximate surface area is 120 Å². The van der Waals surface area contributed by atoms with Crippen molar-refractivity contribution in [2.24, 2.45) is 5.92 Å². The van der Waals surface area contributed by atoms with E-state index in [4.69, 9.17) is 0 Å². The van der Waals surface area contributed by atoms with Crippen molar-refractivity contribution in [3.05, 3.63) is 30.1 Å². The first-order valence-corrected chi connectivity index (χ1v) is 8.53. The van der Waals surface area contributed by atoms with Gasteiger partial charge in [-0.2, -0.15) is 0 Å². The largest absolute Gasteiger partial charge is 0.317 e. The molecule has 1 heterocycles. The summed E-state index contributed by atoms with van der Waals surface area (Å²) in [6.07, 6.45) is 2.76. The molecule has 1 saturated heterocycles. The minimum atomic E-state index is -3.34. The summed E-state index contributed by atoms with van der Waals surface area (Å²) in [7, 11) is -1.82. The monoisotopic (exact) mass is 300 g/mol. The lowest BCUT2D eigenvalue weighted by molar-refractivity contribution is 0.365. The van der Waals surface area contributed by atoms with Gasteiger partial charge in [0, 0.05) is 7.05 Å². The molecule has 0 radical (unpaired) electrons. The fraction of sp³-hybridized carbons (Fsp3) is 0.571. The number of anilines is 1. The molecule has 1 aromatic rings. The van der Waals surface area contributed by atoms with Gasteiger partial charge in [-0.25, -0.2) is 12.8 Å². The maximum absolute atomic E-state index is 12.9. The molecule has 4 nitrogen and oxygen atoms in total. The highest BCUT2D eigenvalue weighted by atomic mass is 32.2. The van der Waals surface area contributed by atoms with Gasteiger partial charge in [0.15, 0.2) is 0 Å². The van der Waals surface area contributed by atoms with E-state index in [1.165, 1.54) is 35.6 Å². The Kier molecular flexibility index (Phi) is 4.99. The molecule has 1 aliphatic heterocycles. The number of nitrogens with zero attached hydrogens (tertiary/aromatic N) is 1. The lowest BCUT2D eigenvalue weighted by Gasteiger charge is -2.24. The second-order valence-electron chi connectivity index (χ2n) is 5.24. The molecule has 1 aromatic carbocycles. The van der Waals surface area contributed by atoms with Gasteiger partial charge in [0.2, 0.25) is 10.0 Å². The quantitative estimate of drug-likeness (QED) is 0.904. The van der Waals surface area contributed by atoms with Crippen LogP contribution in [0.1, 0.15) is 19.3 Å². The molecule has 6 heteroatoms. The second-order valence-corrected chi connectivity index (χ2v) is 7.36. The van der Waals surface area contributed by atoms with Gasteiger partial charge in [-0.15, -0.1) is 0 Å². The normalized spacial score (nSPS) is 17.1. The van der Waals surface area contributed by atoms with Gasteiger partial charge < -0.3 is 5.32 Å². The van der Waals surface area contributed by atoms with E-state index in [-0.39, 0.29) is 11.6 Å². The van der Waals surface area contributed by atoms with Crippen LogP contribution in [0.5, 0.6) is 0 Å². The van der Waals surface area contributed by atoms with E-state index >= 15 is 0 Å². The fourth-order valence-electron chi connectivity index (χ4n) is 2.43. The summed E-state index contributed by atoms with van der Waals surface area (Å²) in [6.45, 7) is 1.94. The highest BCUT2D eigenvalue weighted by molar-refractivity contribution is 7.92. The number of rotatable bonds is 5. The van der Waals surface area contributed by atoms with Crippen molar-refractivity contribution in [1.29, 1.82) is 0 Å². The molecule has 112 valence electrons. The smallest absolute Gasteiger partial charge is 0.234 e. The maximum Gasteiger partial charge on any atom is 0.234 e. The van der Waals surface area contributed by atoms with Crippen LogP contribution in [0.4, 0.5) is 10.1 Å². The zero-order valence-electron chi connectivity index (χ0n) is 11.7. The van der Waals surface area contributed by atoms with Gasteiger partial charge in [-0.3, -0.25) is 4.31 Å². The zero-order valence-corrected chi connectivity index (χ0v) is 12.5. The molecule has 0 aliphatic carbocycles. The van der Waals surface area contributed by atoms with Crippen molar-refractivity contribution >= 4 is 15.7 Å². The van der Waals surface area contributed by atoms with E-state index in [9.17, 15) is 12.8 Å². The SMILES string of the molecule is CN(c1ccc(F)cc1)S(=O)(=O)CCC1CCNCC1. The third kappa shape index (κ3) is 3.93. The molecule has 2 rings (SSSR count). The minimum absolute atomic E-state index is 0.144. The zero-order chi connectivity index (χ0) is 14.6. The van der Waals surface area contributed by atoms with Crippen LogP contribution in [0.15, 0.2) is 24.3 Å². The van der Waals surface area contributed by atoms with Crippen molar-refractivity contribution in [3.8, 4) is 0 Å². The van der Waals surface area contributed by atoms with Gasteiger partial charge in [0.1, 0.15) is 5.82 Å². The maximum atomic E-state index is 12.9. The second kappa shape index (κ2) is 6.54. The Hall–Kier alpha value is -1.14. The molecule has 0 amide bonds. The molecule has 1 fully saturated rings. The molecule has 0 aromatic heterocycles. The van der Waals surface area contributed by atoms with Gasteiger partial charge in [-0.1, -0.05) is 0 Å². The summed E-state index contributed by atoms with van der Waals surface area (Å²) in [5.74, 6) is 0.257. The highest BCUT2D eigenvalue weighted by Crippen LogP contribution is 2.21. The molecule has 0 bridgehead atoms. The fourth-order valence-corrected chi connectivity index (χ4v) is 3.78. The summed E-state index contributed by atoms with van der Waals surface area (Å²) in [6, 6.07) is 5.51. The van der Waals surface area contributed by atoms with Gasteiger partial charge in [0.25, 0.3) is 0 Å². The molecule has 0 atom stereocenters. The Morgan fingerprint density at radius 1 is 1.25 bits per heavy atom. The average molecular weight is 300 g/mol. The Bertz CT molecular complexity index is 525. The summed E-state index contributed by atoms with van der Waals surface area (Å²) in [5, 5.41) is 3.27. The molecule has 1 N–H and O–H groups in total. The van der Waals surface area contributed by atoms with Crippen molar-refractivity contribution in [3.63, 3.8) is 0 Å². The van der Waals surface area contributed by atoms with E-state index in [2.05, 4.69) is 5.32 Å². The van der Waals surface area contributed by atoms with Crippen LogP contribution in [0.3, 0.4) is 0 Å². The van der Waals surface area contributed by atoms with Gasteiger partial charge in [-0.05, 0) is 62.5 Å². The first-order chi connectivity index (χ1) is 9.49. The molecule has 20 heavy (non-hydrogen) atoms. The molecular weight excluding hydrogens is 279 g/mol. The summed E-state index contributed by atoms with van der Waals surface area (Å²) >= 11 is 0. The third-order valence-corrected chi connectivity index (χ3v) is 5.65. The number of benzene rings is 1. The predicted molar refractivity (Wildman–Crippen MR) is 78.8 cm³/mol. The third-order valence-electron chi connectivity index (χ3n) is 3.85. The van der Waals surface area contributed by atoms with Gasteiger partial charge >= 0.3 is 0 Å². The van der Waals surface area contributed by atoms with Crippen LogP contribution in [0.25, 0.3) is 0 Å². The summed E-state index contributed by atoms with van der Waals surface area (Å²) in [5.41, 5.74) is 0.497. The lowest BCUT2D eigenvalue weighted by Crippen LogP contribution is -2.32. The first-order valence-electron chi connectivity index (χ1n) is 6.92. The van der Waals surface area contributed by atoms with Gasteiger partial charge in [0.05, 0.1) is 11.4 Å². The number of piperidine rings is 1. The number of sulfonamides is 1. The Morgan fingerprint density at radius 2 is 1.85 bits per heavy atom. The predicted octanol–water partition coefficient (Wildman–Crippen LogP) is 1.98. The average Bonchev–Trinajstić information content (AvgIpc) is 2.46. The van der Waals surface area contributed by atoms with Crippen molar-refractivity contribution in [1.82, 2.24) is 5.32 Å². The van der Waals surface area contributed by atoms with Crippen LogP contribution >= 0.6 is 0 Å². The van der Waals surface area contributed by atoms with E-state index < -0.39 is 10.0 Å². The molecule has 0 saturated carbocycles. The number of hydrogen-bond acceptors (Lipinski definition) is 3. The number of nitrogens with one attached hydrogen (secondary N) is 1. The summed E-state index contributed by atoms with van der Waals surface area (Å²) in [4.78, 5) is 0. The van der Waals surface area contributed by atoms with E-state index in [0.29, 0.717) is 18.0 Å². The number of halogens is 1. The Balaban J connectivity index is 1.96. The van der Waals surface area contributed by atoms with Crippen LogP contribution < -0.4 is 9.62 Å². The van der Waals surface area contributed by atoms with Crippen LogP contribution in [0.2, 0.25) is 0 Å². The minimum Gasteiger partial charge on any atom is -0.317 e. The van der Waals surface area contributed by atoms with Crippen LogP contribution in [0, 0.1) is 11.7 Å². The topological polar surface area (TPSA) is 49.4 Å². The highest BCUT2D eigenvalue weighted by Gasteiger charge is 2.21. The molecule has 0 unspecified atom stereocenters. The van der Waals surface area contributed by atoms with E-state index in [1.807, 2.05) is 0 Å². The number of hydrogen-bond donors (Lipinski definition) is 1. The van der Waals surface area contributed by atoms with Crippen molar-refractivity contribution in [2.75, 3.05) is 30.2 Å². The lowest BCUT2D eigenvalue weighted by atomic mass is 9.96. The van der Waals surface area contributed by atoms with Crippen LogP contribution in [-0.2, 0) is 10.0 Å². The Morgan fingerprint density at radius 3 is 2.45 bits per heavy atom. The standard InChI is InChI=1S/C14H21FN2O2S/c1-17(14-4-2-13(15)3-5-14)20(18,19)11-8-12-6-9-16-10-7-12/h2-5,12,16H,6-11H2,1H3. The van der Waals surface area contributed by atoms with E-state index in [0.717, 1.165) is 25.9 Å².